The highest BCUT2D eigenvalue weighted by molar-refractivity contribution is 7.14. The van der Waals surface area contributed by atoms with Crippen molar-refractivity contribution in [3.63, 3.8) is 0 Å². The molecule has 0 amide bonds. The highest BCUT2D eigenvalue weighted by Crippen LogP contribution is 2.26. The van der Waals surface area contributed by atoms with Crippen LogP contribution < -0.4 is 10.6 Å². The van der Waals surface area contributed by atoms with Gasteiger partial charge in [-0.25, -0.2) is 15.0 Å². The summed E-state index contributed by atoms with van der Waals surface area (Å²) >= 11 is 1.71. The Kier molecular flexibility index (Phi) is 5.42. The Morgan fingerprint density at radius 1 is 1.11 bits per heavy atom. The summed E-state index contributed by atoms with van der Waals surface area (Å²) in [5, 5.41) is 7.63. The largest absolute Gasteiger partial charge is 0.324 e. The van der Waals surface area contributed by atoms with Crippen molar-refractivity contribution in [3.05, 3.63) is 52.7 Å². The van der Waals surface area contributed by atoms with Gasteiger partial charge in [0, 0.05) is 55.7 Å². The van der Waals surface area contributed by atoms with Crippen LogP contribution in [0.5, 0.6) is 0 Å². The second-order valence-corrected chi connectivity index (χ2v) is 8.04. The zero-order chi connectivity index (χ0) is 18.6. The molecule has 140 valence electrons. The molecule has 1 saturated heterocycles. The first-order valence-electron chi connectivity index (χ1n) is 9.22. The number of benzene rings is 1. The van der Waals surface area contributed by atoms with Gasteiger partial charge < -0.3 is 10.6 Å². The van der Waals surface area contributed by atoms with Gasteiger partial charge in [-0.15, -0.1) is 11.3 Å². The van der Waals surface area contributed by atoms with Crippen LogP contribution in [0.3, 0.4) is 0 Å². The van der Waals surface area contributed by atoms with Gasteiger partial charge in [0.1, 0.15) is 10.7 Å². The Hall–Kier alpha value is -2.35. The third-order valence-electron chi connectivity index (χ3n) is 4.50. The molecule has 1 aromatic carbocycles. The number of nitrogens with one attached hydrogen (secondary N) is 2. The Bertz CT molecular complexity index is 896. The molecular formula is C20H24N6S. The molecule has 3 aromatic rings. The molecule has 1 aliphatic rings. The highest BCUT2D eigenvalue weighted by Gasteiger charge is 2.13. The Labute approximate surface area is 163 Å². The minimum Gasteiger partial charge on any atom is -0.324 e. The van der Waals surface area contributed by atoms with Gasteiger partial charge in [0.25, 0.3) is 0 Å². The first kappa shape index (κ1) is 18.0. The maximum Gasteiger partial charge on any atom is 0.227 e. The SMILES string of the molecule is Cc1cc(C)cc(Nc2nccc(-c3ncc(CN4CCNCC4)s3)n2)c1. The maximum atomic E-state index is 4.66. The fourth-order valence-corrected chi connectivity index (χ4v) is 4.23. The van der Waals surface area contributed by atoms with E-state index in [-0.39, 0.29) is 0 Å². The summed E-state index contributed by atoms with van der Waals surface area (Å²) in [6.45, 7) is 9.43. The normalized spacial score (nSPS) is 15.0. The zero-order valence-electron chi connectivity index (χ0n) is 15.7. The van der Waals surface area contributed by atoms with E-state index in [1.807, 2.05) is 12.3 Å². The van der Waals surface area contributed by atoms with E-state index in [9.17, 15) is 0 Å². The van der Waals surface area contributed by atoms with Crippen LogP contribution in [0.4, 0.5) is 11.6 Å². The molecule has 2 aromatic heterocycles. The van der Waals surface area contributed by atoms with Gasteiger partial charge in [0.2, 0.25) is 5.95 Å². The number of aryl methyl sites for hydroxylation is 2. The van der Waals surface area contributed by atoms with Crippen LogP contribution in [0.1, 0.15) is 16.0 Å². The molecule has 6 nitrogen and oxygen atoms in total. The lowest BCUT2D eigenvalue weighted by Gasteiger charge is -2.26. The molecule has 2 N–H and O–H groups in total. The fourth-order valence-electron chi connectivity index (χ4n) is 3.30. The van der Waals surface area contributed by atoms with E-state index < -0.39 is 0 Å². The molecule has 0 radical (unpaired) electrons. The van der Waals surface area contributed by atoms with Gasteiger partial charge in [-0.05, 0) is 43.2 Å². The number of nitrogens with zero attached hydrogens (tertiary/aromatic N) is 4. The van der Waals surface area contributed by atoms with Crippen LogP contribution in [-0.4, -0.2) is 46.0 Å². The van der Waals surface area contributed by atoms with Crippen molar-refractivity contribution in [1.29, 1.82) is 0 Å². The molecule has 1 fully saturated rings. The number of hydrogen-bond donors (Lipinski definition) is 2. The molecule has 3 heterocycles. The second-order valence-electron chi connectivity index (χ2n) is 6.92. The van der Waals surface area contributed by atoms with Crippen molar-refractivity contribution in [2.75, 3.05) is 31.5 Å². The molecular weight excluding hydrogens is 356 g/mol. The number of hydrogen-bond acceptors (Lipinski definition) is 7. The van der Waals surface area contributed by atoms with Crippen molar-refractivity contribution >= 4 is 23.0 Å². The molecule has 4 rings (SSSR count). The third kappa shape index (κ3) is 4.68. The molecule has 0 unspecified atom stereocenters. The summed E-state index contributed by atoms with van der Waals surface area (Å²) < 4.78 is 0. The average Bonchev–Trinajstić information content (AvgIpc) is 3.10. The lowest BCUT2D eigenvalue weighted by Crippen LogP contribution is -2.42. The van der Waals surface area contributed by atoms with E-state index in [0.717, 1.165) is 49.1 Å². The number of anilines is 2. The third-order valence-corrected chi connectivity index (χ3v) is 5.50. The van der Waals surface area contributed by atoms with Crippen molar-refractivity contribution in [1.82, 2.24) is 25.2 Å². The number of thiazole rings is 1. The highest BCUT2D eigenvalue weighted by atomic mass is 32.1. The smallest absolute Gasteiger partial charge is 0.227 e. The van der Waals surface area contributed by atoms with Gasteiger partial charge >= 0.3 is 0 Å². The quantitative estimate of drug-likeness (QED) is 0.708. The predicted molar refractivity (Wildman–Crippen MR) is 110 cm³/mol. The van der Waals surface area contributed by atoms with Gasteiger partial charge in [0.15, 0.2) is 0 Å². The van der Waals surface area contributed by atoms with E-state index in [2.05, 4.69) is 62.5 Å². The lowest BCUT2D eigenvalue weighted by atomic mass is 10.1. The Balaban J connectivity index is 1.49. The number of aromatic nitrogens is 3. The van der Waals surface area contributed by atoms with E-state index in [4.69, 9.17) is 0 Å². The van der Waals surface area contributed by atoms with E-state index in [0.29, 0.717) is 5.95 Å². The summed E-state index contributed by atoms with van der Waals surface area (Å²) in [7, 11) is 0. The standard InChI is InChI=1S/C20H24N6S/c1-14-9-15(2)11-16(10-14)24-20-22-4-3-18(25-20)19-23-12-17(27-19)13-26-7-5-21-6-8-26/h3-4,9-12,21H,5-8,13H2,1-2H3,(H,22,24,25). The van der Waals surface area contributed by atoms with Crippen molar-refractivity contribution < 1.29 is 0 Å². The van der Waals surface area contributed by atoms with E-state index in [1.54, 1.807) is 17.5 Å². The molecule has 0 saturated carbocycles. The molecule has 27 heavy (non-hydrogen) atoms. The average molecular weight is 381 g/mol. The summed E-state index contributed by atoms with van der Waals surface area (Å²) in [6, 6.07) is 8.26. The van der Waals surface area contributed by atoms with Gasteiger partial charge in [-0.1, -0.05) is 6.07 Å². The van der Waals surface area contributed by atoms with Crippen molar-refractivity contribution in [2.24, 2.45) is 0 Å². The maximum absolute atomic E-state index is 4.66. The van der Waals surface area contributed by atoms with Crippen molar-refractivity contribution in [2.45, 2.75) is 20.4 Å². The number of rotatable bonds is 5. The minimum atomic E-state index is 0.594. The summed E-state index contributed by atoms with van der Waals surface area (Å²) in [5.41, 5.74) is 4.29. The van der Waals surface area contributed by atoms with Crippen LogP contribution in [-0.2, 0) is 6.54 Å². The monoisotopic (exact) mass is 380 g/mol. The fraction of sp³-hybridized carbons (Fsp3) is 0.350. The molecule has 0 spiro atoms. The van der Waals surface area contributed by atoms with Crippen LogP contribution in [0, 0.1) is 13.8 Å². The van der Waals surface area contributed by atoms with E-state index >= 15 is 0 Å². The molecule has 0 aliphatic carbocycles. The minimum absolute atomic E-state index is 0.594. The Morgan fingerprint density at radius 3 is 2.67 bits per heavy atom. The Morgan fingerprint density at radius 2 is 1.89 bits per heavy atom. The van der Waals surface area contributed by atoms with Crippen LogP contribution in [0.2, 0.25) is 0 Å². The van der Waals surface area contributed by atoms with Crippen molar-refractivity contribution in [3.8, 4) is 10.7 Å². The van der Waals surface area contributed by atoms with Crippen LogP contribution >= 0.6 is 11.3 Å². The molecule has 7 heteroatoms. The van der Waals surface area contributed by atoms with Gasteiger partial charge in [0.05, 0.1) is 0 Å². The molecule has 0 bridgehead atoms. The topological polar surface area (TPSA) is 66.0 Å². The van der Waals surface area contributed by atoms with Crippen LogP contribution in [0.25, 0.3) is 10.7 Å². The first-order valence-corrected chi connectivity index (χ1v) is 10.0. The van der Waals surface area contributed by atoms with E-state index in [1.165, 1.54) is 16.0 Å². The molecule has 0 atom stereocenters. The first-order chi connectivity index (χ1) is 13.2. The van der Waals surface area contributed by atoms with Crippen LogP contribution in [0.15, 0.2) is 36.7 Å². The van der Waals surface area contributed by atoms with Gasteiger partial charge in [-0.3, -0.25) is 4.90 Å². The predicted octanol–water partition coefficient (Wildman–Crippen LogP) is 3.37. The zero-order valence-corrected chi connectivity index (χ0v) is 16.5. The lowest BCUT2D eigenvalue weighted by molar-refractivity contribution is 0.235. The summed E-state index contributed by atoms with van der Waals surface area (Å²) in [6.07, 6.45) is 3.76. The van der Waals surface area contributed by atoms with Gasteiger partial charge in [-0.2, -0.15) is 0 Å². The summed E-state index contributed by atoms with van der Waals surface area (Å²) in [5.74, 6) is 0.594. The molecule has 1 aliphatic heterocycles. The number of piperazine rings is 1. The second kappa shape index (κ2) is 8.12. The summed E-state index contributed by atoms with van der Waals surface area (Å²) in [4.78, 5) is 17.3.